The summed E-state index contributed by atoms with van der Waals surface area (Å²) in [6, 6.07) is 7.09. The third-order valence-electron chi connectivity index (χ3n) is 3.18. The van der Waals surface area contributed by atoms with E-state index >= 15 is 0 Å². The first-order valence-corrected chi connectivity index (χ1v) is 7.95. The van der Waals surface area contributed by atoms with Gasteiger partial charge in [-0.05, 0) is 50.1 Å². The number of hydrogen-bond donors (Lipinski definition) is 1. The zero-order chi connectivity index (χ0) is 13.9. The van der Waals surface area contributed by atoms with Crippen molar-refractivity contribution in [2.24, 2.45) is 5.73 Å². The summed E-state index contributed by atoms with van der Waals surface area (Å²) < 4.78 is 31.4. The number of rotatable bonds is 7. The predicted molar refractivity (Wildman–Crippen MR) is 76.0 cm³/mol. The lowest BCUT2D eigenvalue weighted by Gasteiger charge is -2.24. The average Bonchev–Trinajstić information content (AvgIpc) is 3.24. The van der Waals surface area contributed by atoms with Crippen molar-refractivity contribution in [2.75, 3.05) is 24.5 Å². The van der Waals surface area contributed by atoms with E-state index < -0.39 is 10.0 Å². The molecule has 0 bridgehead atoms. The van der Waals surface area contributed by atoms with E-state index in [9.17, 15) is 8.42 Å². The SMILES string of the molecule is COc1ccc(N(CCCN)S(=O)(=O)C2CC2)cc1. The molecule has 19 heavy (non-hydrogen) atoms. The lowest BCUT2D eigenvalue weighted by Crippen LogP contribution is -2.35. The van der Waals surface area contributed by atoms with E-state index in [1.165, 1.54) is 4.31 Å². The quantitative estimate of drug-likeness (QED) is 0.820. The molecule has 2 rings (SSSR count). The van der Waals surface area contributed by atoms with Crippen molar-refractivity contribution >= 4 is 15.7 Å². The predicted octanol–water partition coefficient (Wildman–Crippen LogP) is 1.34. The van der Waals surface area contributed by atoms with Crippen molar-refractivity contribution < 1.29 is 13.2 Å². The van der Waals surface area contributed by atoms with Gasteiger partial charge in [0.25, 0.3) is 0 Å². The number of nitrogens with zero attached hydrogens (tertiary/aromatic N) is 1. The highest BCUT2D eigenvalue weighted by atomic mass is 32.2. The Labute approximate surface area is 114 Å². The van der Waals surface area contributed by atoms with E-state index in [1.807, 2.05) is 0 Å². The van der Waals surface area contributed by atoms with Gasteiger partial charge in [0, 0.05) is 6.54 Å². The van der Waals surface area contributed by atoms with Crippen LogP contribution in [0.15, 0.2) is 24.3 Å². The van der Waals surface area contributed by atoms with Crippen LogP contribution in [0.5, 0.6) is 5.75 Å². The van der Waals surface area contributed by atoms with E-state index in [0.717, 1.165) is 12.8 Å². The van der Waals surface area contributed by atoms with Crippen molar-refractivity contribution in [2.45, 2.75) is 24.5 Å². The van der Waals surface area contributed by atoms with E-state index in [0.29, 0.717) is 30.9 Å². The molecule has 2 N–H and O–H groups in total. The summed E-state index contributed by atoms with van der Waals surface area (Å²) >= 11 is 0. The van der Waals surface area contributed by atoms with Gasteiger partial charge in [0.15, 0.2) is 0 Å². The van der Waals surface area contributed by atoms with Gasteiger partial charge in [-0.1, -0.05) is 0 Å². The highest BCUT2D eigenvalue weighted by Crippen LogP contribution is 2.34. The third kappa shape index (κ3) is 3.19. The Morgan fingerprint density at radius 3 is 2.42 bits per heavy atom. The van der Waals surface area contributed by atoms with Gasteiger partial charge in [-0.2, -0.15) is 0 Å². The van der Waals surface area contributed by atoms with Gasteiger partial charge in [-0.15, -0.1) is 0 Å². The van der Waals surface area contributed by atoms with Crippen molar-refractivity contribution in [3.05, 3.63) is 24.3 Å². The van der Waals surface area contributed by atoms with Crippen LogP contribution in [0.25, 0.3) is 0 Å². The van der Waals surface area contributed by atoms with Crippen LogP contribution in [0.4, 0.5) is 5.69 Å². The number of hydrogen-bond acceptors (Lipinski definition) is 4. The van der Waals surface area contributed by atoms with Gasteiger partial charge in [0.1, 0.15) is 5.75 Å². The fourth-order valence-corrected chi connectivity index (χ4v) is 3.82. The van der Waals surface area contributed by atoms with E-state index in [4.69, 9.17) is 10.5 Å². The monoisotopic (exact) mass is 284 g/mol. The fraction of sp³-hybridized carbons (Fsp3) is 0.538. The van der Waals surface area contributed by atoms with Crippen molar-refractivity contribution in [3.8, 4) is 5.75 Å². The second-order valence-corrected chi connectivity index (χ2v) is 6.79. The number of nitrogens with two attached hydrogens (primary N) is 1. The highest BCUT2D eigenvalue weighted by molar-refractivity contribution is 7.93. The molecule has 1 aromatic rings. The van der Waals surface area contributed by atoms with E-state index in [-0.39, 0.29) is 5.25 Å². The van der Waals surface area contributed by atoms with Crippen molar-refractivity contribution in [1.82, 2.24) is 0 Å². The van der Waals surface area contributed by atoms with Crippen LogP contribution in [0, 0.1) is 0 Å². The molecule has 0 amide bonds. The molecular formula is C13H20N2O3S. The molecule has 0 aliphatic heterocycles. The molecule has 0 saturated heterocycles. The van der Waals surface area contributed by atoms with E-state index in [2.05, 4.69) is 0 Å². The fourth-order valence-electron chi connectivity index (χ4n) is 1.93. The Bertz CT molecular complexity index is 509. The molecule has 5 nitrogen and oxygen atoms in total. The van der Waals surface area contributed by atoms with Gasteiger partial charge in [-0.3, -0.25) is 4.31 Å². The molecule has 6 heteroatoms. The lowest BCUT2D eigenvalue weighted by molar-refractivity contribution is 0.415. The molecule has 0 spiro atoms. The van der Waals surface area contributed by atoms with Gasteiger partial charge >= 0.3 is 0 Å². The Morgan fingerprint density at radius 1 is 1.32 bits per heavy atom. The molecule has 1 aliphatic rings. The summed E-state index contributed by atoms with van der Waals surface area (Å²) in [7, 11) is -1.65. The molecule has 0 radical (unpaired) electrons. The van der Waals surface area contributed by atoms with Crippen molar-refractivity contribution in [3.63, 3.8) is 0 Å². The van der Waals surface area contributed by atoms with Crippen LogP contribution in [-0.4, -0.2) is 33.9 Å². The molecule has 0 heterocycles. The molecule has 106 valence electrons. The molecule has 0 atom stereocenters. The number of anilines is 1. The number of benzene rings is 1. The van der Waals surface area contributed by atoms with Gasteiger partial charge in [0.05, 0.1) is 18.0 Å². The summed E-state index contributed by atoms with van der Waals surface area (Å²) in [6.45, 7) is 0.911. The number of methoxy groups -OCH3 is 1. The zero-order valence-corrected chi connectivity index (χ0v) is 11.9. The van der Waals surface area contributed by atoms with Crippen LogP contribution in [0.1, 0.15) is 19.3 Å². The minimum atomic E-state index is -3.24. The third-order valence-corrected chi connectivity index (χ3v) is 5.50. The van der Waals surface area contributed by atoms with Crippen LogP contribution < -0.4 is 14.8 Å². The van der Waals surface area contributed by atoms with Crippen LogP contribution >= 0.6 is 0 Å². The van der Waals surface area contributed by atoms with E-state index in [1.54, 1.807) is 31.4 Å². The first-order chi connectivity index (χ1) is 9.09. The Balaban J connectivity index is 2.25. The first-order valence-electron chi connectivity index (χ1n) is 6.45. The summed E-state index contributed by atoms with van der Waals surface area (Å²) in [5.41, 5.74) is 6.18. The van der Waals surface area contributed by atoms with Gasteiger partial charge in [-0.25, -0.2) is 8.42 Å². The minimum Gasteiger partial charge on any atom is -0.497 e. The van der Waals surface area contributed by atoms with Gasteiger partial charge in [0.2, 0.25) is 10.0 Å². The maximum absolute atomic E-state index is 12.4. The Kier molecular flexibility index (Phi) is 4.31. The smallest absolute Gasteiger partial charge is 0.238 e. The summed E-state index contributed by atoms with van der Waals surface area (Å²) in [5.74, 6) is 0.714. The maximum atomic E-state index is 12.4. The van der Waals surface area contributed by atoms with Crippen LogP contribution in [0.3, 0.4) is 0 Å². The standard InChI is InChI=1S/C13H20N2O3S/c1-18-12-5-3-11(4-6-12)15(10-2-9-14)19(16,17)13-7-8-13/h3-6,13H,2,7-10,14H2,1H3. The summed E-state index contributed by atoms with van der Waals surface area (Å²) in [4.78, 5) is 0. The molecule has 1 aliphatic carbocycles. The second-order valence-electron chi connectivity index (χ2n) is 4.66. The molecule has 1 fully saturated rings. The lowest BCUT2D eigenvalue weighted by atomic mass is 10.3. The average molecular weight is 284 g/mol. The minimum absolute atomic E-state index is 0.215. The molecule has 1 aromatic carbocycles. The Morgan fingerprint density at radius 2 is 1.95 bits per heavy atom. The molecule has 1 saturated carbocycles. The summed E-state index contributed by atoms with van der Waals surface area (Å²) in [6.07, 6.45) is 2.17. The largest absolute Gasteiger partial charge is 0.497 e. The van der Waals surface area contributed by atoms with Crippen LogP contribution in [0.2, 0.25) is 0 Å². The van der Waals surface area contributed by atoms with Crippen LogP contribution in [-0.2, 0) is 10.0 Å². The van der Waals surface area contributed by atoms with Gasteiger partial charge < -0.3 is 10.5 Å². The highest BCUT2D eigenvalue weighted by Gasteiger charge is 2.40. The topological polar surface area (TPSA) is 72.6 Å². The normalized spacial score (nSPS) is 15.3. The number of sulfonamides is 1. The number of ether oxygens (including phenoxy) is 1. The summed E-state index contributed by atoms with van der Waals surface area (Å²) in [5, 5.41) is -0.215. The molecule has 0 unspecified atom stereocenters. The van der Waals surface area contributed by atoms with Crippen molar-refractivity contribution in [1.29, 1.82) is 0 Å². The first kappa shape index (κ1) is 14.1. The molecule has 0 aromatic heterocycles. The maximum Gasteiger partial charge on any atom is 0.238 e. The molecular weight excluding hydrogens is 264 g/mol. The second kappa shape index (κ2) is 5.79. The Hall–Kier alpha value is -1.27. The zero-order valence-electron chi connectivity index (χ0n) is 11.1.